The van der Waals surface area contributed by atoms with E-state index in [9.17, 15) is 13.2 Å². The van der Waals surface area contributed by atoms with Crippen LogP contribution in [0.5, 0.6) is 0 Å². The fraction of sp³-hybridized carbons (Fsp3) is 0.0588. The zero-order valence-corrected chi connectivity index (χ0v) is 11.6. The third kappa shape index (κ3) is 3.58. The van der Waals surface area contributed by atoms with Gasteiger partial charge in [0.15, 0.2) is 0 Å². The normalized spacial score (nSPS) is 10.9. The number of alkyl halides is 3. The zero-order valence-electron chi connectivity index (χ0n) is 11.6. The molecule has 0 atom stereocenters. The lowest BCUT2D eigenvalue weighted by atomic mass is 10.1. The van der Waals surface area contributed by atoms with Gasteiger partial charge in [-0.15, -0.1) is 5.10 Å². The smallest absolute Gasteiger partial charge is 0.410 e. The summed E-state index contributed by atoms with van der Waals surface area (Å²) in [6, 6.07) is 13.7. The molecule has 2 aromatic carbocycles. The van der Waals surface area contributed by atoms with Crippen LogP contribution < -0.4 is 0 Å². The molecular weight excluding hydrogens is 305 g/mol. The van der Waals surface area contributed by atoms with E-state index >= 15 is 0 Å². The molecule has 6 heteroatoms. The van der Waals surface area contributed by atoms with Gasteiger partial charge in [0, 0.05) is 11.1 Å². The van der Waals surface area contributed by atoms with Gasteiger partial charge in [0.1, 0.15) is 0 Å². The van der Waals surface area contributed by atoms with E-state index < -0.39 is 11.7 Å². The lowest BCUT2D eigenvalue weighted by Crippen LogP contribution is -2.03. The molecule has 0 spiro atoms. The van der Waals surface area contributed by atoms with Crippen LogP contribution >= 0.6 is 0 Å². The molecule has 3 aromatic rings. The Hall–Kier alpha value is -3.07. The van der Waals surface area contributed by atoms with Crippen LogP contribution in [-0.2, 0) is 6.18 Å². The first-order valence-corrected chi connectivity index (χ1v) is 6.60. The van der Waals surface area contributed by atoms with Crippen LogP contribution in [0, 0.1) is 11.8 Å². The van der Waals surface area contributed by atoms with Crippen molar-refractivity contribution in [3.05, 3.63) is 71.6 Å². The molecule has 114 valence electrons. The van der Waals surface area contributed by atoms with Crippen LogP contribution in [0.25, 0.3) is 11.5 Å². The predicted octanol–water partition coefficient (Wildman–Crippen LogP) is 4.16. The van der Waals surface area contributed by atoms with E-state index in [-0.39, 0.29) is 11.8 Å². The molecule has 0 radical (unpaired) electrons. The summed E-state index contributed by atoms with van der Waals surface area (Å²) in [5.74, 6) is 5.80. The summed E-state index contributed by atoms with van der Waals surface area (Å²) < 4.78 is 42.9. The van der Waals surface area contributed by atoms with Crippen LogP contribution in [0.3, 0.4) is 0 Å². The maximum absolute atomic E-state index is 12.5. The Labute approximate surface area is 129 Å². The highest BCUT2D eigenvalue weighted by molar-refractivity contribution is 5.53. The quantitative estimate of drug-likeness (QED) is 0.633. The summed E-state index contributed by atoms with van der Waals surface area (Å²) in [5, 5.41) is 7.56. The molecule has 0 saturated heterocycles. The Balaban J connectivity index is 1.81. The highest BCUT2D eigenvalue weighted by Crippen LogP contribution is 2.30. The average molecular weight is 314 g/mol. The molecule has 0 aliphatic rings. The van der Waals surface area contributed by atoms with Crippen molar-refractivity contribution < 1.29 is 17.6 Å². The van der Waals surface area contributed by atoms with E-state index in [0.717, 1.165) is 17.7 Å². The largest absolute Gasteiger partial charge is 0.416 e. The molecule has 23 heavy (non-hydrogen) atoms. The minimum Gasteiger partial charge on any atom is -0.410 e. The molecule has 3 rings (SSSR count). The summed E-state index contributed by atoms with van der Waals surface area (Å²) in [6.07, 6.45) is -4.38. The Morgan fingerprint density at radius 1 is 0.826 bits per heavy atom. The fourth-order valence-corrected chi connectivity index (χ4v) is 1.84. The summed E-state index contributed by atoms with van der Waals surface area (Å²) >= 11 is 0. The molecule has 0 amide bonds. The fourth-order valence-electron chi connectivity index (χ4n) is 1.84. The van der Waals surface area contributed by atoms with Crippen LogP contribution in [0.4, 0.5) is 13.2 Å². The topological polar surface area (TPSA) is 38.9 Å². The Morgan fingerprint density at radius 3 is 2.17 bits per heavy atom. The number of halogens is 3. The van der Waals surface area contributed by atoms with Crippen molar-refractivity contribution in [2.75, 3.05) is 0 Å². The molecule has 0 aliphatic carbocycles. The Morgan fingerprint density at radius 2 is 1.52 bits per heavy atom. The monoisotopic (exact) mass is 314 g/mol. The van der Waals surface area contributed by atoms with Crippen molar-refractivity contribution in [1.29, 1.82) is 0 Å². The van der Waals surface area contributed by atoms with Gasteiger partial charge < -0.3 is 4.42 Å². The van der Waals surface area contributed by atoms with Gasteiger partial charge in [-0.2, -0.15) is 13.2 Å². The number of hydrogen-bond acceptors (Lipinski definition) is 3. The molecule has 0 aliphatic heterocycles. The first-order valence-electron chi connectivity index (χ1n) is 6.60. The molecular formula is C17H9F3N2O. The SMILES string of the molecule is FC(F)(F)c1ccc(-c2nnc(C#Cc3ccccc3)o2)cc1. The second-order valence-electron chi connectivity index (χ2n) is 4.60. The maximum atomic E-state index is 12.5. The van der Waals surface area contributed by atoms with Crippen LogP contribution in [0.15, 0.2) is 59.0 Å². The number of rotatable bonds is 1. The number of nitrogens with zero attached hydrogens (tertiary/aromatic N) is 2. The summed E-state index contributed by atoms with van der Waals surface area (Å²) in [4.78, 5) is 0. The van der Waals surface area contributed by atoms with Gasteiger partial charge >= 0.3 is 6.18 Å². The molecule has 0 bridgehead atoms. The second kappa shape index (κ2) is 5.97. The van der Waals surface area contributed by atoms with Crippen molar-refractivity contribution in [2.45, 2.75) is 6.18 Å². The lowest BCUT2D eigenvalue weighted by molar-refractivity contribution is -0.137. The van der Waals surface area contributed by atoms with Gasteiger partial charge in [-0.05, 0) is 42.3 Å². The number of aromatic nitrogens is 2. The minimum atomic E-state index is -4.38. The first kappa shape index (κ1) is 14.9. The molecule has 0 N–H and O–H groups in total. The highest BCUT2D eigenvalue weighted by Gasteiger charge is 2.30. The average Bonchev–Trinajstić information content (AvgIpc) is 3.02. The third-order valence-electron chi connectivity index (χ3n) is 2.97. The lowest BCUT2D eigenvalue weighted by Gasteiger charge is -2.05. The molecule has 3 nitrogen and oxygen atoms in total. The van der Waals surface area contributed by atoms with Crippen LogP contribution in [0.1, 0.15) is 17.0 Å². The van der Waals surface area contributed by atoms with Crippen molar-refractivity contribution in [1.82, 2.24) is 10.2 Å². The molecule has 1 aromatic heterocycles. The summed E-state index contributed by atoms with van der Waals surface area (Å²) in [5.41, 5.74) is 0.463. The summed E-state index contributed by atoms with van der Waals surface area (Å²) in [6.45, 7) is 0. The minimum absolute atomic E-state index is 0.101. The van der Waals surface area contributed by atoms with Gasteiger partial charge in [0.2, 0.25) is 5.89 Å². The molecule has 1 heterocycles. The standard InChI is InChI=1S/C17H9F3N2O/c18-17(19,20)14-9-7-13(8-10-14)16-22-21-15(23-16)11-6-12-4-2-1-3-5-12/h1-5,7-10H. The van der Waals surface area contributed by atoms with E-state index in [4.69, 9.17) is 4.42 Å². The van der Waals surface area contributed by atoms with Gasteiger partial charge in [-0.1, -0.05) is 29.2 Å². The van der Waals surface area contributed by atoms with Crippen molar-refractivity contribution in [3.8, 4) is 23.3 Å². The zero-order chi connectivity index (χ0) is 16.3. The first-order chi connectivity index (χ1) is 11.0. The van der Waals surface area contributed by atoms with Crippen LogP contribution in [-0.4, -0.2) is 10.2 Å². The van der Waals surface area contributed by atoms with E-state index in [2.05, 4.69) is 22.0 Å². The van der Waals surface area contributed by atoms with Gasteiger partial charge in [-0.25, -0.2) is 0 Å². The van der Waals surface area contributed by atoms with Gasteiger partial charge in [0.05, 0.1) is 5.56 Å². The van der Waals surface area contributed by atoms with Crippen molar-refractivity contribution in [2.24, 2.45) is 0 Å². The second-order valence-corrected chi connectivity index (χ2v) is 4.60. The predicted molar refractivity (Wildman–Crippen MR) is 77.2 cm³/mol. The van der Waals surface area contributed by atoms with E-state index in [1.807, 2.05) is 30.3 Å². The van der Waals surface area contributed by atoms with Crippen LogP contribution in [0.2, 0.25) is 0 Å². The van der Waals surface area contributed by atoms with E-state index in [1.165, 1.54) is 12.1 Å². The van der Waals surface area contributed by atoms with Gasteiger partial charge in [0.25, 0.3) is 5.89 Å². The highest BCUT2D eigenvalue weighted by atomic mass is 19.4. The molecule has 0 saturated carbocycles. The maximum Gasteiger partial charge on any atom is 0.416 e. The Kier molecular flexibility index (Phi) is 3.85. The number of hydrogen-bond donors (Lipinski definition) is 0. The molecule has 0 unspecified atom stereocenters. The van der Waals surface area contributed by atoms with E-state index in [1.54, 1.807) is 0 Å². The Bertz CT molecular complexity index is 857. The van der Waals surface area contributed by atoms with E-state index in [0.29, 0.717) is 5.56 Å². The third-order valence-corrected chi connectivity index (χ3v) is 2.97. The van der Waals surface area contributed by atoms with Crippen molar-refractivity contribution in [3.63, 3.8) is 0 Å². The number of benzene rings is 2. The van der Waals surface area contributed by atoms with Gasteiger partial charge in [-0.3, -0.25) is 0 Å². The molecule has 0 fully saturated rings. The van der Waals surface area contributed by atoms with Crippen molar-refractivity contribution >= 4 is 0 Å². The summed E-state index contributed by atoms with van der Waals surface area (Å²) in [7, 11) is 0.